The van der Waals surface area contributed by atoms with E-state index in [0.29, 0.717) is 17.7 Å². The van der Waals surface area contributed by atoms with E-state index in [2.05, 4.69) is 4.72 Å². The van der Waals surface area contributed by atoms with Crippen LogP contribution in [0.5, 0.6) is 0 Å². The van der Waals surface area contributed by atoms with Gasteiger partial charge in [0.1, 0.15) is 0 Å². The first-order chi connectivity index (χ1) is 9.22. The molecule has 2 atom stereocenters. The summed E-state index contributed by atoms with van der Waals surface area (Å²) in [5.74, 6) is 0.258. The normalized spacial score (nSPS) is 14.8. The van der Waals surface area contributed by atoms with Gasteiger partial charge in [0.2, 0.25) is 10.0 Å². The Balaban J connectivity index is 2.85. The van der Waals surface area contributed by atoms with Crippen molar-refractivity contribution in [2.24, 2.45) is 0 Å². The highest BCUT2D eigenvalue weighted by Gasteiger charge is 2.18. The summed E-state index contributed by atoms with van der Waals surface area (Å²) >= 11 is 0. The number of ketones is 1. The lowest BCUT2D eigenvalue weighted by Gasteiger charge is -2.14. The monoisotopic (exact) mass is 317 g/mol. The molecule has 2 unspecified atom stereocenters. The molecule has 0 aromatic heterocycles. The molecule has 5 nitrogen and oxygen atoms in total. The molecular weight excluding hydrogens is 298 g/mol. The van der Waals surface area contributed by atoms with Crippen LogP contribution in [0.4, 0.5) is 0 Å². The number of hydrogen-bond acceptors (Lipinski definition) is 4. The van der Waals surface area contributed by atoms with E-state index in [1.54, 1.807) is 19.2 Å². The van der Waals surface area contributed by atoms with Crippen LogP contribution in [-0.4, -0.2) is 36.5 Å². The number of carbonyl (C=O) groups is 1. The van der Waals surface area contributed by atoms with Crippen molar-refractivity contribution < 1.29 is 17.4 Å². The van der Waals surface area contributed by atoms with Crippen LogP contribution in [0.15, 0.2) is 29.2 Å². The Morgan fingerprint density at radius 1 is 1.40 bits per heavy atom. The first kappa shape index (κ1) is 17.0. The van der Waals surface area contributed by atoms with Gasteiger partial charge in [-0.15, -0.1) is 0 Å². The number of rotatable bonds is 7. The smallest absolute Gasteiger partial charge is 0.240 e. The van der Waals surface area contributed by atoms with Gasteiger partial charge in [-0.1, -0.05) is 12.1 Å². The number of carbonyl (C=O) groups excluding carboxylic acids is 1. The fraction of sp³-hybridized carbons (Fsp3) is 0.462. The van der Waals surface area contributed by atoms with Gasteiger partial charge in [0, 0.05) is 34.4 Å². The summed E-state index contributed by atoms with van der Waals surface area (Å²) in [6.07, 6.45) is 2.08. The lowest BCUT2D eigenvalue weighted by atomic mass is 10.2. The number of sulfonamides is 1. The SMILES string of the molecule is CC(=O)c1cccc(S(=O)(=O)NC(C)CCS(C)=O)c1. The van der Waals surface area contributed by atoms with Gasteiger partial charge >= 0.3 is 0 Å². The van der Waals surface area contributed by atoms with E-state index in [4.69, 9.17) is 0 Å². The average molecular weight is 317 g/mol. The summed E-state index contributed by atoms with van der Waals surface area (Å²) < 4.78 is 37.8. The molecule has 1 rings (SSSR count). The third-order valence-corrected chi connectivity index (χ3v) is 5.14. The maximum atomic E-state index is 12.2. The third kappa shape index (κ3) is 5.15. The summed E-state index contributed by atoms with van der Waals surface area (Å²) in [5, 5.41) is 0. The molecule has 0 spiro atoms. The summed E-state index contributed by atoms with van der Waals surface area (Å²) in [6.45, 7) is 3.11. The van der Waals surface area contributed by atoms with Gasteiger partial charge in [-0.05, 0) is 32.4 Å². The Morgan fingerprint density at radius 3 is 2.60 bits per heavy atom. The molecule has 1 aromatic carbocycles. The minimum absolute atomic E-state index is 0.0645. The Bertz CT molecular complexity index is 611. The molecule has 0 aliphatic carbocycles. The van der Waals surface area contributed by atoms with Crippen LogP contribution in [0.1, 0.15) is 30.6 Å². The Kier molecular flexibility index (Phi) is 6.04. The van der Waals surface area contributed by atoms with Crippen molar-refractivity contribution in [1.82, 2.24) is 4.72 Å². The molecule has 0 bridgehead atoms. The van der Waals surface area contributed by atoms with Crippen LogP contribution in [0.2, 0.25) is 0 Å². The van der Waals surface area contributed by atoms with E-state index in [0.717, 1.165) is 0 Å². The van der Waals surface area contributed by atoms with Gasteiger partial charge in [-0.25, -0.2) is 13.1 Å². The van der Waals surface area contributed by atoms with Crippen LogP contribution >= 0.6 is 0 Å². The predicted molar refractivity (Wildman–Crippen MR) is 79.8 cm³/mol. The zero-order valence-electron chi connectivity index (χ0n) is 11.8. The van der Waals surface area contributed by atoms with Crippen molar-refractivity contribution in [2.75, 3.05) is 12.0 Å². The van der Waals surface area contributed by atoms with E-state index in [1.165, 1.54) is 25.1 Å². The second-order valence-corrected chi connectivity index (χ2v) is 7.94. The Hall–Kier alpha value is -1.05. The fourth-order valence-corrected chi connectivity index (χ4v) is 3.63. The summed E-state index contributed by atoms with van der Waals surface area (Å²) in [4.78, 5) is 11.3. The van der Waals surface area contributed by atoms with Crippen molar-refractivity contribution in [3.8, 4) is 0 Å². The maximum Gasteiger partial charge on any atom is 0.240 e. The second kappa shape index (κ2) is 7.10. The molecule has 0 aliphatic heterocycles. The van der Waals surface area contributed by atoms with Crippen molar-refractivity contribution >= 4 is 26.6 Å². The maximum absolute atomic E-state index is 12.2. The third-order valence-electron chi connectivity index (χ3n) is 2.75. The fourth-order valence-electron chi connectivity index (χ4n) is 1.62. The quantitative estimate of drug-likeness (QED) is 0.769. The molecule has 20 heavy (non-hydrogen) atoms. The molecular formula is C13H19NO4S2. The van der Waals surface area contributed by atoms with Crippen LogP contribution in [-0.2, 0) is 20.8 Å². The molecule has 1 N–H and O–H groups in total. The number of nitrogens with one attached hydrogen (secondary N) is 1. The van der Waals surface area contributed by atoms with E-state index in [-0.39, 0.29) is 16.7 Å². The van der Waals surface area contributed by atoms with Crippen LogP contribution in [0.25, 0.3) is 0 Å². The molecule has 0 heterocycles. The topological polar surface area (TPSA) is 80.3 Å². The van der Waals surface area contributed by atoms with Crippen molar-refractivity contribution in [1.29, 1.82) is 0 Å². The molecule has 0 fully saturated rings. The van der Waals surface area contributed by atoms with Crippen LogP contribution in [0, 0.1) is 0 Å². The number of benzene rings is 1. The highest BCUT2D eigenvalue weighted by atomic mass is 32.2. The highest BCUT2D eigenvalue weighted by Crippen LogP contribution is 2.13. The van der Waals surface area contributed by atoms with E-state index >= 15 is 0 Å². The largest absolute Gasteiger partial charge is 0.295 e. The minimum atomic E-state index is -3.66. The average Bonchev–Trinajstić information content (AvgIpc) is 2.36. The summed E-state index contributed by atoms with van der Waals surface area (Å²) in [5.41, 5.74) is 0.357. The standard InChI is InChI=1S/C13H19NO4S2/c1-10(7-8-19(3)16)14-20(17,18)13-6-4-5-12(9-13)11(2)15/h4-6,9-10,14H,7-8H2,1-3H3. The van der Waals surface area contributed by atoms with E-state index < -0.39 is 20.8 Å². The molecule has 0 aliphatic rings. The molecule has 0 saturated heterocycles. The number of hydrogen-bond donors (Lipinski definition) is 1. The number of Topliss-reactive ketones (excluding diaryl/α,β-unsaturated/α-hetero) is 1. The molecule has 0 radical (unpaired) electrons. The van der Waals surface area contributed by atoms with Crippen molar-refractivity contribution in [3.05, 3.63) is 29.8 Å². The first-order valence-corrected chi connectivity index (χ1v) is 9.37. The highest BCUT2D eigenvalue weighted by molar-refractivity contribution is 7.89. The van der Waals surface area contributed by atoms with Gasteiger partial charge < -0.3 is 0 Å². The first-order valence-electron chi connectivity index (χ1n) is 6.15. The minimum Gasteiger partial charge on any atom is -0.295 e. The van der Waals surface area contributed by atoms with Crippen molar-refractivity contribution in [2.45, 2.75) is 31.2 Å². The lowest BCUT2D eigenvalue weighted by Crippen LogP contribution is -2.33. The van der Waals surface area contributed by atoms with Crippen LogP contribution in [0.3, 0.4) is 0 Å². The Morgan fingerprint density at radius 2 is 2.05 bits per heavy atom. The Labute approximate surface area is 122 Å². The zero-order valence-corrected chi connectivity index (χ0v) is 13.4. The van der Waals surface area contributed by atoms with Gasteiger partial charge in [0.05, 0.1) is 4.90 Å². The van der Waals surface area contributed by atoms with E-state index in [9.17, 15) is 17.4 Å². The molecule has 0 amide bonds. The van der Waals surface area contributed by atoms with E-state index in [1.807, 2.05) is 0 Å². The zero-order chi connectivity index (χ0) is 15.3. The van der Waals surface area contributed by atoms with Gasteiger partial charge in [-0.2, -0.15) is 0 Å². The lowest BCUT2D eigenvalue weighted by molar-refractivity contribution is 0.101. The van der Waals surface area contributed by atoms with Gasteiger partial charge in [-0.3, -0.25) is 9.00 Å². The second-order valence-electron chi connectivity index (χ2n) is 4.67. The molecule has 0 saturated carbocycles. The van der Waals surface area contributed by atoms with Crippen molar-refractivity contribution in [3.63, 3.8) is 0 Å². The summed E-state index contributed by atoms with van der Waals surface area (Å²) in [7, 11) is -4.61. The van der Waals surface area contributed by atoms with Gasteiger partial charge in [0.25, 0.3) is 0 Å². The predicted octanol–water partition coefficient (Wildman–Crippen LogP) is 1.32. The van der Waals surface area contributed by atoms with Gasteiger partial charge in [0.15, 0.2) is 5.78 Å². The molecule has 1 aromatic rings. The van der Waals surface area contributed by atoms with Crippen LogP contribution < -0.4 is 4.72 Å². The molecule has 112 valence electrons. The molecule has 7 heteroatoms. The summed E-state index contributed by atoms with van der Waals surface area (Å²) in [6, 6.07) is 5.60.